The highest BCUT2D eigenvalue weighted by atomic mass is 19.4. The number of rotatable bonds is 6. The van der Waals surface area contributed by atoms with Crippen molar-refractivity contribution in [1.82, 2.24) is 30.2 Å². The van der Waals surface area contributed by atoms with Gasteiger partial charge in [-0.2, -0.15) is 13.2 Å². The Kier molecular flexibility index (Phi) is 7.10. The Morgan fingerprint density at radius 1 is 1.17 bits per heavy atom. The number of nitrogen functional groups attached to an aromatic ring is 1. The smallest absolute Gasteiger partial charge is 0.422 e. The Hall–Kier alpha value is -3.80. The number of nitrogens with one attached hydrogen (secondary N) is 1. The van der Waals surface area contributed by atoms with Gasteiger partial charge < -0.3 is 20.7 Å². The molecule has 0 unspecified atom stereocenters. The molecule has 1 saturated heterocycles. The molecule has 12 heteroatoms. The quantitative estimate of drug-likeness (QED) is 0.545. The molecule has 9 nitrogen and oxygen atoms in total. The van der Waals surface area contributed by atoms with Crippen molar-refractivity contribution in [2.45, 2.75) is 25.1 Å². The molecule has 35 heavy (non-hydrogen) atoms. The Balaban J connectivity index is 1.63. The van der Waals surface area contributed by atoms with E-state index in [-0.39, 0.29) is 35.2 Å². The van der Waals surface area contributed by atoms with Crippen LogP contribution in [0.15, 0.2) is 42.7 Å². The van der Waals surface area contributed by atoms with Crippen molar-refractivity contribution in [3.8, 4) is 28.4 Å². The summed E-state index contributed by atoms with van der Waals surface area (Å²) in [6.45, 7) is 0.331. The molecule has 1 fully saturated rings. The van der Waals surface area contributed by atoms with Gasteiger partial charge in [0.15, 0.2) is 12.4 Å². The number of hydrogen-bond acceptors (Lipinski definition) is 8. The fourth-order valence-electron chi connectivity index (χ4n) is 3.72. The normalized spacial score (nSPS) is 16.6. The number of hydrogen-bond donors (Lipinski definition) is 2. The second-order valence-electron chi connectivity index (χ2n) is 8.30. The van der Waals surface area contributed by atoms with Crippen molar-refractivity contribution >= 4 is 11.9 Å². The average molecular weight is 487 g/mol. The lowest BCUT2D eigenvalue weighted by Gasteiger charge is -2.30. The van der Waals surface area contributed by atoms with Crippen molar-refractivity contribution in [2.24, 2.45) is 0 Å². The van der Waals surface area contributed by atoms with E-state index in [2.05, 4.69) is 30.2 Å². The van der Waals surface area contributed by atoms with Gasteiger partial charge in [-0.3, -0.25) is 4.79 Å². The number of aromatic nitrogens is 4. The minimum absolute atomic E-state index is 0.00645. The van der Waals surface area contributed by atoms with Crippen molar-refractivity contribution in [3.63, 3.8) is 0 Å². The summed E-state index contributed by atoms with van der Waals surface area (Å²) in [6, 6.07) is 7.48. The molecule has 3 N–H and O–H groups in total. The van der Waals surface area contributed by atoms with Crippen LogP contribution in [0.4, 0.5) is 19.1 Å². The number of piperidine rings is 1. The molecule has 0 aliphatic carbocycles. The zero-order valence-corrected chi connectivity index (χ0v) is 18.9. The summed E-state index contributed by atoms with van der Waals surface area (Å²) in [4.78, 5) is 32.1. The Morgan fingerprint density at radius 3 is 2.54 bits per heavy atom. The van der Waals surface area contributed by atoms with Gasteiger partial charge in [-0.1, -0.05) is 0 Å². The van der Waals surface area contributed by atoms with Crippen LogP contribution >= 0.6 is 0 Å². The van der Waals surface area contributed by atoms with Gasteiger partial charge in [0.1, 0.15) is 11.4 Å². The predicted molar refractivity (Wildman–Crippen MR) is 122 cm³/mol. The number of halogens is 3. The molecular weight excluding hydrogens is 463 g/mol. The molecule has 0 saturated carbocycles. The number of likely N-dealkylation sites (N-methyl/N-ethyl adjacent to an activating group) is 1. The predicted octanol–water partition coefficient (Wildman–Crippen LogP) is 2.95. The van der Waals surface area contributed by atoms with Crippen LogP contribution in [0.1, 0.15) is 23.3 Å². The highest BCUT2D eigenvalue weighted by Crippen LogP contribution is 2.25. The second-order valence-corrected chi connectivity index (χ2v) is 8.30. The van der Waals surface area contributed by atoms with Gasteiger partial charge in [-0.25, -0.2) is 19.9 Å². The van der Waals surface area contributed by atoms with E-state index in [0.29, 0.717) is 16.8 Å². The summed E-state index contributed by atoms with van der Waals surface area (Å²) in [5.41, 5.74) is 7.14. The molecule has 0 radical (unpaired) electrons. The van der Waals surface area contributed by atoms with Gasteiger partial charge in [-0.05, 0) is 56.8 Å². The largest absolute Gasteiger partial charge is 0.484 e. The van der Waals surface area contributed by atoms with Crippen LogP contribution < -0.4 is 15.8 Å². The van der Waals surface area contributed by atoms with Crippen LogP contribution in [-0.4, -0.2) is 69.7 Å². The van der Waals surface area contributed by atoms with E-state index in [4.69, 9.17) is 10.5 Å². The molecule has 0 bridgehead atoms. The SMILES string of the molecule is CN1CCC[C@H](NC(=O)c2cc(-c3ccc(OCC(F)(F)F)cc3)nc(-c3cnc(N)nc3)n2)C1. The average Bonchev–Trinajstić information content (AvgIpc) is 2.83. The standard InChI is InChI=1S/C23H24F3N7O2/c1-33-8-2-3-16(12-33)30-21(34)19-9-18(31-20(32-19)15-10-28-22(27)29-11-15)14-4-6-17(7-5-14)35-13-23(24,25)26/h4-7,9-11,16H,2-3,8,12-13H2,1H3,(H,30,34)(H2,27,28,29)/t16-/m0/s1. The van der Waals surface area contributed by atoms with Gasteiger partial charge >= 0.3 is 6.18 Å². The zero-order valence-electron chi connectivity index (χ0n) is 18.9. The van der Waals surface area contributed by atoms with Crippen LogP contribution in [0, 0.1) is 0 Å². The van der Waals surface area contributed by atoms with Crippen molar-refractivity contribution in [3.05, 3.63) is 48.4 Å². The molecule has 3 aromatic rings. The molecular formula is C23H24F3N7O2. The first-order valence-corrected chi connectivity index (χ1v) is 10.9. The van der Waals surface area contributed by atoms with Gasteiger partial charge in [0, 0.05) is 30.5 Å². The van der Waals surface area contributed by atoms with E-state index in [1.54, 1.807) is 12.1 Å². The first-order valence-electron chi connectivity index (χ1n) is 10.9. The monoisotopic (exact) mass is 487 g/mol. The van der Waals surface area contributed by atoms with E-state index >= 15 is 0 Å². The van der Waals surface area contributed by atoms with Gasteiger partial charge in [-0.15, -0.1) is 0 Å². The molecule has 1 atom stereocenters. The van der Waals surface area contributed by atoms with Gasteiger partial charge in [0.05, 0.1) is 11.3 Å². The van der Waals surface area contributed by atoms with Crippen LogP contribution in [0.5, 0.6) is 5.75 Å². The van der Waals surface area contributed by atoms with E-state index in [9.17, 15) is 18.0 Å². The number of carbonyl (C=O) groups excluding carboxylic acids is 1. The van der Waals surface area contributed by atoms with Gasteiger partial charge in [0.2, 0.25) is 5.95 Å². The number of nitrogens with two attached hydrogens (primary N) is 1. The lowest BCUT2D eigenvalue weighted by Crippen LogP contribution is -2.46. The summed E-state index contributed by atoms with van der Waals surface area (Å²) < 4.78 is 42.0. The Morgan fingerprint density at radius 2 is 1.89 bits per heavy atom. The maximum atomic E-state index is 13.1. The summed E-state index contributed by atoms with van der Waals surface area (Å²) in [5.74, 6) is 0.00733. The lowest BCUT2D eigenvalue weighted by molar-refractivity contribution is -0.153. The molecule has 4 rings (SSSR count). The summed E-state index contributed by atoms with van der Waals surface area (Å²) in [5, 5.41) is 3.02. The van der Waals surface area contributed by atoms with Crippen LogP contribution in [-0.2, 0) is 0 Å². The van der Waals surface area contributed by atoms with Crippen molar-refractivity contribution < 1.29 is 22.7 Å². The highest BCUT2D eigenvalue weighted by Gasteiger charge is 2.28. The molecule has 1 aromatic carbocycles. The first-order chi connectivity index (χ1) is 16.7. The summed E-state index contributed by atoms with van der Waals surface area (Å²) in [6.07, 6.45) is 0.316. The maximum absolute atomic E-state index is 13.1. The minimum Gasteiger partial charge on any atom is -0.484 e. The lowest BCUT2D eigenvalue weighted by atomic mass is 10.1. The number of anilines is 1. The Bertz CT molecular complexity index is 1170. The third kappa shape index (κ3) is 6.63. The number of amides is 1. The molecule has 1 aliphatic rings. The first kappa shape index (κ1) is 24.3. The van der Waals surface area contributed by atoms with Crippen molar-refractivity contribution in [1.29, 1.82) is 0 Å². The van der Waals surface area contributed by atoms with Crippen LogP contribution in [0.3, 0.4) is 0 Å². The van der Waals surface area contributed by atoms with Crippen molar-refractivity contribution in [2.75, 3.05) is 32.5 Å². The topological polar surface area (TPSA) is 119 Å². The summed E-state index contributed by atoms with van der Waals surface area (Å²) >= 11 is 0. The Labute approximate surface area is 199 Å². The molecule has 2 aromatic heterocycles. The number of nitrogens with zero attached hydrogens (tertiary/aromatic N) is 5. The minimum atomic E-state index is -4.43. The molecule has 0 spiro atoms. The second kappa shape index (κ2) is 10.2. The third-order valence-electron chi connectivity index (χ3n) is 5.40. The fourth-order valence-corrected chi connectivity index (χ4v) is 3.72. The molecule has 1 aliphatic heterocycles. The van der Waals surface area contributed by atoms with E-state index in [1.807, 2.05) is 7.05 Å². The van der Waals surface area contributed by atoms with E-state index in [0.717, 1.165) is 25.9 Å². The van der Waals surface area contributed by atoms with E-state index in [1.165, 1.54) is 30.6 Å². The number of likely N-dealkylation sites (tertiary alicyclic amines) is 1. The molecule has 3 heterocycles. The zero-order chi connectivity index (χ0) is 25.0. The highest BCUT2D eigenvalue weighted by molar-refractivity contribution is 5.94. The fraction of sp³-hybridized carbons (Fsp3) is 0.348. The van der Waals surface area contributed by atoms with Crippen LogP contribution in [0.2, 0.25) is 0 Å². The number of ether oxygens (including phenoxy) is 1. The third-order valence-corrected chi connectivity index (χ3v) is 5.40. The van der Waals surface area contributed by atoms with Gasteiger partial charge in [0.25, 0.3) is 5.91 Å². The number of benzene rings is 1. The number of alkyl halides is 3. The molecule has 184 valence electrons. The maximum Gasteiger partial charge on any atom is 0.422 e. The molecule has 1 amide bonds. The van der Waals surface area contributed by atoms with Crippen LogP contribution in [0.25, 0.3) is 22.6 Å². The van der Waals surface area contributed by atoms with E-state index < -0.39 is 12.8 Å². The summed E-state index contributed by atoms with van der Waals surface area (Å²) in [7, 11) is 2.00. The number of carbonyl (C=O) groups is 1.